The van der Waals surface area contributed by atoms with Gasteiger partial charge in [0.25, 0.3) is 5.91 Å². The maximum Gasteiger partial charge on any atom is 0.328 e. The molecule has 0 aromatic heterocycles. The quantitative estimate of drug-likeness (QED) is 0.856. The highest BCUT2D eigenvalue weighted by Gasteiger charge is 2.28. The molecule has 4 amide bonds. The summed E-state index contributed by atoms with van der Waals surface area (Å²) in [5.41, 5.74) is 0.282. The number of benzene rings is 1. The van der Waals surface area contributed by atoms with Crippen molar-refractivity contribution in [2.24, 2.45) is 5.92 Å². The first-order valence-electron chi connectivity index (χ1n) is 8.30. The number of hydrogen-bond acceptors (Lipinski definition) is 4. The zero-order valence-corrected chi connectivity index (χ0v) is 13.7. The minimum atomic E-state index is -0.691. The summed E-state index contributed by atoms with van der Waals surface area (Å²) < 4.78 is 14.2. The van der Waals surface area contributed by atoms with Gasteiger partial charge in [-0.05, 0) is 37.0 Å². The van der Waals surface area contributed by atoms with Gasteiger partial charge in [-0.15, -0.1) is 0 Å². The summed E-state index contributed by atoms with van der Waals surface area (Å²) in [4.78, 5) is 38.6. The average molecular weight is 349 g/mol. The van der Waals surface area contributed by atoms with Crippen molar-refractivity contribution in [3.63, 3.8) is 0 Å². The highest BCUT2D eigenvalue weighted by atomic mass is 19.1. The summed E-state index contributed by atoms with van der Waals surface area (Å²) in [7, 11) is 0. The number of amides is 4. The van der Waals surface area contributed by atoms with Crippen LogP contribution in [-0.2, 0) is 4.79 Å². The van der Waals surface area contributed by atoms with Gasteiger partial charge in [-0.1, -0.05) is 0 Å². The van der Waals surface area contributed by atoms with Gasteiger partial charge in [0.1, 0.15) is 5.82 Å². The van der Waals surface area contributed by atoms with E-state index in [1.807, 2.05) is 0 Å². The lowest BCUT2D eigenvalue weighted by Crippen LogP contribution is -2.50. The molecule has 25 heavy (non-hydrogen) atoms. The first-order chi connectivity index (χ1) is 12.0. The molecule has 2 heterocycles. The van der Waals surface area contributed by atoms with Crippen LogP contribution in [0.3, 0.4) is 0 Å². The molecular formula is C17H20FN3O4. The fraction of sp³-hybridized carbons (Fsp3) is 0.471. The maximum absolute atomic E-state index is 14.2. The van der Waals surface area contributed by atoms with Gasteiger partial charge < -0.3 is 10.0 Å². The van der Waals surface area contributed by atoms with Crippen LogP contribution in [0.2, 0.25) is 0 Å². The number of imide groups is 1. The molecule has 2 N–H and O–H groups in total. The van der Waals surface area contributed by atoms with Crippen molar-refractivity contribution in [1.29, 1.82) is 0 Å². The number of aliphatic hydroxyl groups is 1. The standard InChI is InChI=1S/C17H20FN3O4/c18-13-2-1-12(16(24)20-6-3-11(10-22)4-7-20)9-14(13)21-8-5-15(23)19-17(21)25/h1-2,9,11,22H,3-8,10H2,(H,19,23,25). The molecule has 2 aliphatic heterocycles. The molecule has 0 atom stereocenters. The van der Waals surface area contributed by atoms with Crippen LogP contribution < -0.4 is 10.2 Å². The summed E-state index contributed by atoms with van der Waals surface area (Å²) in [6, 6.07) is 3.22. The molecule has 2 fully saturated rings. The SMILES string of the molecule is O=C1CCN(c2cc(C(=O)N3CCC(CO)CC3)ccc2F)C(=O)N1. The topological polar surface area (TPSA) is 90.0 Å². The van der Waals surface area contributed by atoms with Crippen LogP contribution in [-0.4, -0.2) is 54.1 Å². The Morgan fingerprint density at radius 2 is 1.96 bits per heavy atom. The Morgan fingerprint density at radius 1 is 1.24 bits per heavy atom. The van der Waals surface area contributed by atoms with Crippen LogP contribution in [0.25, 0.3) is 0 Å². The van der Waals surface area contributed by atoms with E-state index in [0.29, 0.717) is 18.7 Å². The zero-order valence-electron chi connectivity index (χ0n) is 13.7. The number of rotatable bonds is 3. The molecule has 1 aromatic carbocycles. The third-order valence-electron chi connectivity index (χ3n) is 4.70. The van der Waals surface area contributed by atoms with Gasteiger partial charge in [-0.3, -0.25) is 19.8 Å². The summed E-state index contributed by atoms with van der Waals surface area (Å²) in [6.07, 6.45) is 1.54. The average Bonchev–Trinajstić information content (AvgIpc) is 2.62. The Kier molecular flexibility index (Phi) is 4.98. The monoisotopic (exact) mass is 349 g/mol. The van der Waals surface area contributed by atoms with Crippen LogP contribution >= 0.6 is 0 Å². The first kappa shape index (κ1) is 17.3. The molecule has 0 spiro atoms. The Hall–Kier alpha value is -2.48. The van der Waals surface area contributed by atoms with Gasteiger partial charge in [0.15, 0.2) is 0 Å². The molecule has 1 aromatic rings. The summed E-state index contributed by atoms with van der Waals surface area (Å²) in [5, 5.41) is 11.3. The number of carbonyl (C=O) groups is 3. The van der Waals surface area contributed by atoms with E-state index in [1.54, 1.807) is 4.90 Å². The van der Waals surface area contributed by atoms with Crippen LogP contribution in [0, 0.1) is 11.7 Å². The van der Waals surface area contributed by atoms with E-state index in [-0.39, 0.29) is 37.1 Å². The van der Waals surface area contributed by atoms with Crippen LogP contribution in [0.5, 0.6) is 0 Å². The molecular weight excluding hydrogens is 329 g/mol. The van der Waals surface area contributed by atoms with Crippen molar-refractivity contribution in [3.05, 3.63) is 29.6 Å². The molecule has 0 saturated carbocycles. The summed E-state index contributed by atoms with van der Waals surface area (Å²) in [5.74, 6) is -1.05. The number of likely N-dealkylation sites (tertiary alicyclic amines) is 1. The minimum Gasteiger partial charge on any atom is -0.396 e. The fourth-order valence-electron chi connectivity index (χ4n) is 3.15. The molecule has 8 heteroatoms. The molecule has 2 aliphatic rings. The number of anilines is 1. The Morgan fingerprint density at radius 3 is 2.60 bits per heavy atom. The first-order valence-corrected chi connectivity index (χ1v) is 8.30. The predicted molar refractivity (Wildman–Crippen MR) is 87.6 cm³/mol. The van der Waals surface area contributed by atoms with Crippen molar-refractivity contribution >= 4 is 23.5 Å². The predicted octanol–water partition coefficient (Wildman–Crippen LogP) is 1.12. The van der Waals surface area contributed by atoms with Gasteiger partial charge in [-0.25, -0.2) is 9.18 Å². The highest BCUT2D eigenvalue weighted by molar-refractivity contribution is 6.06. The van der Waals surface area contributed by atoms with Crippen molar-refractivity contribution in [1.82, 2.24) is 10.2 Å². The number of aliphatic hydroxyl groups excluding tert-OH is 1. The van der Waals surface area contributed by atoms with Gasteiger partial charge in [0.2, 0.25) is 5.91 Å². The number of carbonyl (C=O) groups excluding carboxylic acids is 3. The Bertz CT molecular complexity index is 701. The third-order valence-corrected chi connectivity index (χ3v) is 4.70. The number of urea groups is 1. The molecule has 7 nitrogen and oxygen atoms in total. The van der Waals surface area contributed by atoms with Gasteiger partial charge in [-0.2, -0.15) is 0 Å². The highest BCUT2D eigenvalue weighted by Crippen LogP contribution is 2.25. The molecule has 2 saturated heterocycles. The normalized spacial score (nSPS) is 19.1. The number of halogens is 1. The van der Waals surface area contributed by atoms with Crippen LogP contribution in [0.15, 0.2) is 18.2 Å². The zero-order chi connectivity index (χ0) is 18.0. The van der Waals surface area contributed by atoms with Gasteiger partial charge in [0, 0.05) is 38.2 Å². The van der Waals surface area contributed by atoms with E-state index in [2.05, 4.69) is 5.32 Å². The molecule has 0 bridgehead atoms. The third kappa shape index (κ3) is 3.63. The van der Waals surface area contributed by atoms with E-state index in [1.165, 1.54) is 12.1 Å². The maximum atomic E-state index is 14.2. The van der Waals surface area contributed by atoms with Crippen molar-refractivity contribution < 1.29 is 23.9 Å². The van der Waals surface area contributed by atoms with Gasteiger partial charge >= 0.3 is 6.03 Å². The second-order valence-corrected chi connectivity index (χ2v) is 6.34. The lowest BCUT2D eigenvalue weighted by molar-refractivity contribution is -0.120. The lowest BCUT2D eigenvalue weighted by Gasteiger charge is -2.31. The number of hydrogen-bond donors (Lipinski definition) is 2. The van der Waals surface area contributed by atoms with E-state index >= 15 is 0 Å². The molecule has 3 rings (SSSR count). The number of piperidine rings is 1. The van der Waals surface area contributed by atoms with E-state index in [4.69, 9.17) is 0 Å². The van der Waals surface area contributed by atoms with E-state index in [9.17, 15) is 23.9 Å². The van der Waals surface area contributed by atoms with Crippen molar-refractivity contribution in [3.8, 4) is 0 Å². The molecule has 134 valence electrons. The summed E-state index contributed by atoms with van der Waals surface area (Å²) >= 11 is 0. The smallest absolute Gasteiger partial charge is 0.328 e. The fourth-order valence-corrected chi connectivity index (χ4v) is 3.15. The lowest BCUT2D eigenvalue weighted by atomic mass is 9.97. The Balaban J connectivity index is 1.78. The minimum absolute atomic E-state index is 0.0129. The van der Waals surface area contributed by atoms with E-state index < -0.39 is 17.8 Å². The van der Waals surface area contributed by atoms with Crippen molar-refractivity contribution in [2.75, 3.05) is 31.1 Å². The Labute approximate surface area is 144 Å². The second-order valence-electron chi connectivity index (χ2n) is 6.34. The second kappa shape index (κ2) is 7.18. The molecule has 0 aliphatic carbocycles. The van der Waals surface area contributed by atoms with E-state index in [0.717, 1.165) is 23.8 Å². The molecule has 0 unspecified atom stereocenters. The number of nitrogens with one attached hydrogen (secondary N) is 1. The summed E-state index contributed by atoms with van der Waals surface area (Å²) in [6.45, 7) is 1.26. The van der Waals surface area contributed by atoms with Crippen molar-refractivity contribution in [2.45, 2.75) is 19.3 Å². The van der Waals surface area contributed by atoms with Crippen LogP contribution in [0.1, 0.15) is 29.6 Å². The molecule has 0 radical (unpaired) electrons. The van der Waals surface area contributed by atoms with Crippen LogP contribution in [0.4, 0.5) is 14.9 Å². The largest absolute Gasteiger partial charge is 0.396 e. The van der Waals surface area contributed by atoms with Gasteiger partial charge in [0.05, 0.1) is 5.69 Å². The number of nitrogens with zero attached hydrogens (tertiary/aromatic N) is 2.